The molecule has 3 N–H and O–H groups in total. The van der Waals surface area contributed by atoms with Crippen LogP contribution >= 0.6 is 0 Å². The highest BCUT2D eigenvalue weighted by Gasteiger charge is 2.25. The molecule has 1 atom stereocenters. The largest absolute Gasteiger partial charge is 0.507 e. The SMILES string of the molecule is CCC(C)(C)c1cc(C)cc(C(C)c2cccc(CN)c2)c1O. The fraction of sp³-hybridized carbons (Fsp3) is 0.429. The Kier molecular flexibility index (Phi) is 5.16. The van der Waals surface area contributed by atoms with Gasteiger partial charge in [-0.2, -0.15) is 0 Å². The van der Waals surface area contributed by atoms with Gasteiger partial charge < -0.3 is 10.8 Å². The van der Waals surface area contributed by atoms with Gasteiger partial charge in [-0.15, -0.1) is 0 Å². The monoisotopic (exact) mass is 311 g/mol. The minimum Gasteiger partial charge on any atom is -0.507 e. The van der Waals surface area contributed by atoms with Crippen LogP contribution in [0.2, 0.25) is 0 Å². The molecule has 2 aromatic carbocycles. The maximum atomic E-state index is 10.9. The minimum atomic E-state index is -0.0380. The summed E-state index contributed by atoms with van der Waals surface area (Å²) in [6.45, 7) is 11.3. The molecule has 0 fully saturated rings. The van der Waals surface area contributed by atoms with Gasteiger partial charge in [-0.25, -0.2) is 0 Å². The first-order valence-electron chi connectivity index (χ1n) is 8.43. The van der Waals surface area contributed by atoms with Crippen LogP contribution in [0, 0.1) is 6.92 Å². The van der Waals surface area contributed by atoms with Crippen molar-refractivity contribution in [3.63, 3.8) is 0 Å². The van der Waals surface area contributed by atoms with Crippen LogP contribution in [0.3, 0.4) is 0 Å². The molecule has 0 saturated carbocycles. The van der Waals surface area contributed by atoms with E-state index in [1.54, 1.807) is 0 Å². The van der Waals surface area contributed by atoms with Gasteiger partial charge in [-0.3, -0.25) is 0 Å². The zero-order chi connectivity index (χ0) is 17.2. The Bertz CT molecular complexity index is 688. The van der Waals surface area contributed by atoms with Crippen molar-refractivity contribution in [1.82, 2.24) is 0 Å². The molecule has 0 radical (unpaired) electrons. The molecule has 0 aliphatic rings. The number of benzene rings is 2. The second-order valence-electron chi connectivity index (χ2n) is 7.16. The molecular formula is C21H29NO. The molecule has 23 heavy (non-hydrogen) atoms. The number of nitrogens with two attached hydrogens (primary N) is 1. The highest BCUT2D eigenvalue weighted by molar-refractivity contribution is 5.51. The Morgan fingerprint density at radius 2 is 1.87 bits per heavy atom. The van der Waals surface area contributed by atoms with Gasteiger partial charge in [0.1, 0.15) is 5.75 Å². The summed E-state index contributed by atoms with van der Waals surface area (Å²) in [6.07, 6.45) is 0.987. The van der Waals surface area contributed by atoms with Crippen molar-refractivity contribution in [3.05, 3.63) is 64.2 Å². The lowest BCUT2D eigenvalue weighted by Gasteiger charge is -2.27. The lowest BCUT2D eigenvalue weighted by Crippen LogP contribution is -2.17. The van der Waals surface area contributed by atoms with Crippen LogP contribution in [0.1, 0.15) is 67.9 Å². The molecule has 0 bridgehead atoms. The number of phenolic OH excluding ortho intramolecular Hbond substituents is 1. The Labute approximate surface area is 140 Å². The first kappa shape index (κ1) is 17.6. The smallest absolute Gasteiger partial charge is 0.123 e. The summed E-state index contributed by atoms with van der Waals surface area (Å²) in [4.78, 5) is 0. The van der Waals surface area contributed by atoms with Crippen molar-refractivity contribution in [2.45, 2.75) is 58.9 Å². The van der Waals surface area contributed by atoms with Crippen molar-refractivity contribution in [2.75, 3.05) is 0 Å². The summed E-state index contributed by atoms with van der Waals surface area (Å²) >= 11 is 0. The molecule has 2 heteroatoms. The second-order valence-corrected chi connectivity index (χ2v) is 7.16. The normalized spacial score (nSPS) is 13.1. The average Bonchev–Trinajstić information content (AvgIpc) is 2.55. The van der Waals surface area contributed by atoms with E-state index in [4.69, 9.17) is 5.73 Å². The molecule has 2 rings (SSSR count). The molecule has 0 amide bonds. The van der Waals surface area contributed by atoms with Crippen LogP contribution in [-0.2, 0) is 12.0 Å². The van der Waals surface area contributed by atoms with Gasteiger partial charge in [0, 0.05) is 23.6 Å². The number of hydrogen-bond acceptors (Lipinski definition) is 2. The molecule has 0 heterocycles. The second kappa shape index (κ2) is 6.76. The summed E-state index contributed by atoms with van der Waals surface area (Å²) in [7, 11) is 0. The molecular weight excluding hydrogens is 282 g/mol. The van der Waals surface area contributed by atoms with Gasteiger partial charge in [0.25, 0.3) is 0 Å². The van der Waals surface area contributed by atoms with Gasteiger partial charge >= 0.3 is 0 Å². The van der Waals surface area contributed by atoms with Gasteiger partial charge in [0.05, 0.1) is 0 Å². The lowest BCUT2D eigenvalue weighted by atomic mass is 9.78. The van der Waals surface area contributed by atoms with E-state index in [9.17, 15) is 5.11 Å². The zero-order valence-electron chi connectivity index (χ0n) is 15.0. The van der Waals surface area contributed by atoms with E-state index >= 15 is 0 Å². The first-order chi connectivity index (χ1) is 10.8. The number of aromatic hydroxyl groups is 1. The molecule has 0 saturated heterocycles. The maximum Gasteiger partial charge on any atom is 0.123 e. The van der Waals surface area contributed by atoms with E-state index in [1.807, 2.05) is 12.1 Å². The van der Waals surface area contributed by atoms with Crippen molar-refractivity contribution in [2.24, 2.45) is 5.73 Å². The predicted molar refractivity (Wildman–Crippen MR) is 98.0 cm³/mol. The Balaban J connectivity index is 2.54. The molecule has 0 aliphatic heterocycles. The summed E-state index contributed by atoms with van der Waals surface area (Å²) in [5.74, 6) is 0.570. The predicted octanol–water partition coefficient (Wildman–Crippen LogP) is 5.00. The standard InChI is InChI=1S/C21H29NO/c1-6-21(4,5)19-11-14(2)10-18(20(19)23)15(3)17-9-7-8-16(12-17)13-22/h7-12,15,23H,6,13,22H2,1-5H3. The van der Waals surface area contributed by atoms with Crippen LogP contribution in [0.4, 0.5) is 0 Å². The maximum absolute atomic E-state index is 10.9. The van der Waals surface area contributed by atoms with E-state index < -0.39 is 0 Å². The molecule has 2 aromatic rings. The quantitative estimate of drug-likeness (QED) is 0.816. The molecule has 2 nitrogen and oxygen atoms in total. The Morgan fingerprint density at radius 3 is 2.48 bits per heavy atom. The van der Waals surface area contributed by atoms with E-state index in [-0.39, 0.29) is 11.3 Å². The third kappa shape index (κ3) is 3.59. The summed E-state index contributed by atoms with van der Waals surface area (Å²) in [5.41, 5.74) is 11.3. The zero-order valence-corrected chi connectivity index (χ0v) is 15.0. The van der Waals surface area contributed by atoms with Crippen molar-refractivity contribution in [3.8, 4) is 5.75 Å². The third-order valence-electron chi connectivity index (χ3n) is 5.05. The average molecular weight is 311 g/mol. The topological polar surface area (TPSA) is 46.2 Å². The Hall–Kier alpha value is -1.80. The van der Waals surface area contributed by atoms with Crippen molar-refractivity contribution in [1.29, 1.82) is 0 Å². The fourth-order valence-electron chi connectivity index (χ4n) is 3.01. The third-order valence-corrected chi connectivity index (χ3v) is 5.05. The van der Waals surface area contributed by atoms with E-state index in [1.165, 1.54) is 11.1 Å². The van der Waals surface area contributed by atoms with Crippen LogP contribution in [-0.4, -0.2) is 5.11 Å². The molecule has 0 aromatic heterocycles. The number of rotatable bonds is 5. The highest BCUT2D eigenvalue weighted by atomic mass is 16.3. The first-order valence-corrected chi connectivity index (χ1v) is 8.43. The summed E-state index contributed by atoms with van der Waals surface area (Å²) < 4.78 is 0. The number of hydrogen-bond donors (Lipinski definition) is 2. The van der Waals surface area contributed by atoms with E-state index in [0.717, 1.165) is 23.1 Å². The number of phenols is 1. The molecule has 124 valence electrons. The summed E-state index contributed by atoms with van der Waals surface area (Å²) in [5, 5.41) is 10.9. The highest BCUT2D eigenvalue weighted by Crippen LogP contribution is 2.41. The summed E-state index contributed by atoms with van der Waals surface area (Å²) in [6, 6.07) is 12.5. The van der Waals surface area contributed by atoms with Gasteiger partial charge in [0.2, 0.25) is 0 Å². The number of aryl methyl sites for hydroxylation is 1. The van der Waals surface area contributed by atoms with Gasteiger partial charge in [-0.1, -0.05) is 69.7 Å². The molecule has 0 aliphatic carbocycles. The van der Waals surface area contributed by atoms with Crippen LogP contribution < -0.4 is 5.73 Å². The Morgan fingerprint density at radius 1 is 1.17 bits per heavy atom. The van der Waals surface area contributed by atoms with E-state index in [0.29, 0.717) is 12.3 Å². The van der Waals surface area contributed by atoms with Crippen molar-refractivity contribution < 1.29 is 5.11 Å². The van der Waals surface area contributed by atoms with Crippen LogP contribution in [0.15, 0.2) is 36.4 Å². The van der Waals surface area contributed by atoms with Crippen LogP contribution in [0.5, 0.6) is 5.75 Å². The molecule has 0 spiro atoms. The molecule has 1 unspecified atom stereocenters. The van der Waals surface area contributed by atoms with E-state index in [2.05, 4.69) is 58.9 Å². The van der Waals surface area contributed by atoms with Crippen molar-refractivity contribution >= 4 is 0 Å². The minimum absolute atomic E-state index is 0.0380. The van der Waals surface area contributed by atoms with Gasteiger partial charge in [0.15, 0.2) is 0 Å². The van der Waals surface area contributed by atoms with Crippen LogP contribution in [0.25, 0.3) is 0 Å². The fourth-order valence-corrected chi connectivity index (χ4v) is 3.01. The lowest BCUT2D eigenvalue weighted by molar-refractivity contribution is 0.422. The van der Waals surface area contributed by atoms with Gasteiger partial charge in [-0.05, 0) is 29.9 Å².